The van der Waals surface area contributed by atoms with Crippen LogP contribution < -0.4 is 4.90 Å². The third-order valence-electron chi connectivity index (χ3n) is 4.43. The lowest BCUT2D eigenvalue weighted by Crippen LogP contribution is -2.37. The summed E-state index contributed by atoms with van der Waals surface area (Å²) in [5.74, 6) is 0.0969. The Kier molecular flexibility index (Phi) is 5.69. The van der Waals surface area contributed by atoms with Crippen molar-refractivity contribution in [2.45, 2.75) is 20.3 Å². The standard InChI is InChI=1S/C21H25N3OS/c1-15-9-10-16(2)17(13-15)14-20(25)24(12-11-23(3)4)21-22-18-7-5-6-8-19(18)26-21/h5-10,13H,11-12,14H2,1-4H3. The summed E-state index contributed by atoms with van der Waals surface area (Å²) in [7, 11) is 4.04. The van der Waals surface area contributed by atoms with Gasteiger partial charge in [0, 0.05) is 13.1 Å². The molecule has 0 radical (unpaired) electrons. The number of fused-ring (bicyclic) bond motifs is 1. The Labute approximate surface area is 159 Å². The van der Waals surface area contributed by atoms with Gasteiger partial charge in [0.1, 0.15) is 0 Å². The van der Waals surface area contributed by atoms with Crippen molar-refractivity contribution in [3.05, 3.63) is 59.2 Å². The summed E-state index contributed by atoms with van der Waals surface area (Å²) < 4.78 is 1.11. The highest BCUT2D eigenvalue weighted by atomic mass is 32.1. The summed E-state index contributed by atoms with van der Waals surface area (Å²) in [6.07, 6.45) is 0.400. The second-order valence-electron chi connectivity index (χ2n) is 6.92. The van der Waals surface area contributed by atoms with E-state index in [1.807, 2.05) is 37.2 Å². The zero-order chi connectivity index (χ0) is 18.7. The van der Waals surface area contributed by atoms with Crippen LogP contribution in [0, 0.1) is 13.8 Å². The van der Waals surface area contributed by atoms with Crippen LogP contribution in [0.3, 0.4) is 0 Å². The lowest BCUT2D eigenvalue weighted by Gasteiger charge is -2.22. The number of benzene rings is 2. The van der Waals surface area contributed by atoms with Gasteiger partial charge in [-0.05, 0) is 51.2 Å². The van der Waals surface area contributed by atoms with Gasteiger partial charge in [-0.1, -0.05) is 47.2 Å². The van der Waals surface area contributed by atoms with Gasteiger partial charge in [-0.3, -0.25) is 9.69 Å². The highest BCUT2D eigenvalue weighted by molar-refractivity contribution is 7.22. The summed E-state index contributed by atoms with van der Waals surface area (Å²) in [4.78, 5) is 21.8. The zero-order valence-corrected chi connectivity index (χ0v) is 16.6. The number of hydrogen-bond donors (Lipinski definition) is 0. The molecule has 3 rings (SSSR count). The van der Waals surface area contributed by atoms with Crippen LogP contribution in [0.5, 0.6) is 0 Å². The van der Waals surface area contributed by atoms with Crippen molar-refractivity contribution in [3.63, 3.8) is 0 Å². The molecule has 0 atom stereocenters. The second-order valence-corrected chi connectivity index (χ2v) is 7.93. The number of thiazole rings is 1. The highest BCUT2D eigenvalue weighted by Gasteiger charge is 2.20. The fraction of sp³-hybridized carbons (Fsp3) is 0.333. The molecule has 3 aromatic rings. The van der Waals surface area contributed by atoms with Crippen molar-refractivity contribution < 1.29 is 4.79 Å². The lowest BCUT2D eigenvalue weighted by molar-refractivity contribution is -0.118. The predicted octanol–water partition coefficient (Wildman–Crippen LogP) is 4.05. The third kappa shape index (κ3) is 4.29. The topological polar surface area (TPSA) is 36.4 Å². The maximum atomic E-state index is 13.1. The normalized spacial score (nSPS) is 11.3. The van der Waals surface area contributed by atoms with Gasteiger partial charge >= 0.3 is 0 Å². The number of rotatable bonds is 6. The molecular weight excluding hydrogens is 342 g/mol. The maximum Gasteiger partial charge on any atom is 0.233 e. The first-order chi connectivity index (χ1) is 12.4. The van der Waals surface area contributed by atoms with Crippen LogP contribution >= 0.6 is 11.3 Å². The molecule has 5 heteroatoms. The summed E-state index contributed by atoms with van der Waals surface area (Å²) in [5.41, 5.74) is 4.37. The van der Waals surface area contributed by atoms with Crippen molar-refractivity contribution in [2.75, 3.05) is 32.1 Å². The van der Waals surface area contributed by atoms with Crippen LogP contribution in [-0.4, -0.2) is 43.0 Å². The number of carbonyl (C=O) groups is 1. The van der Waals surface area contributed by atoms with Crippen molar-refractivity contribution >= 4 is 32.6 Å². The molecular formula is C21H25N3OS. The molecule has 0 N–H and O–H groups in total. The fourth-order valence-electron chi connectivity index (χ4n) is 2.85. The predicted molar refractivity (Wildman–Crippen MR) is 110 cm³/mol. The number of likely N-dealkylation sites (N-methyl/N-ethyl adjacent to an activating group) is 1. The molecule has 0 unspecified atom stereocenters. The Bertz CT molecular complexity index is 884. The Morgan fingerprint density at radius 1 is 1.08 bits per heavy atom. The molecule has 0 aliphatic carbocycles. The number of para-hydroxylation sites is 1. The number of amides is 1. The average Bonchev–Trinajstić information content (AvgIpc) is 3.01. The molecule has 0 aliphatic rings. The van der Waals surface area contributed by atoms with Gasteiger partial charge in [-0.2, -0.15) is 0 Å². The molecule has 1 aromatic heterocycles. The first-order valence-corrected chi connectivity index (χ1v) is 9.62. The van der Waals surface area contributed by atoms with Crippen LogP contribution in [0.4, 0.5) is 5.13 Å². The molecule has 1 amide bonds. The summed E-state index contributed by atoms with van der Waals surface area (Å²) in [5, 5.41) is 0.781. The van der Waals surface area contributed by atoms with Gasteiger partial charge in [-0.25, -0.2) is 4.98 Å². The number of aryl methyl sites for hydroxylation is 2. The van der Waals surface area contributed by atoms with E-state index in [2.05, 4.69) is 43.0 Å². The number of carbonyl (C=O) groups excluding carboxylic acids is 1. The van der Waals surface area contributed by atoms with Gasteiger partial charge < -0.3 is 4.90 Å². The van der Waals surface area contributed by atoms with E-state index >= 15 is 0 Å². The summed E-state index contributed by atoms with van der Waals surface area (Å²) in [6.45, 7) is 5.56. The van der Waals surface area contributed by atoms with Crippen LogP contribution in [0.2, 0.25) is 0 Å². The van der Waals surface area contributed by atoms with Crippen molar-refractivity contribution in [1.29, 1.82) is 0 Å². The fourth-order valence-corrected chi connectivity index (χ4v) is 3.86. The summed E-state index contributed by atoms with van der Waals surface area (Å²) >= 11 is 1.58. The van der Waals surface area contributed by atoms with E-state index in [0.29, 0.717) is 13.0 Å². The van der Waals surface area contributed by atoms with E-state index < -0.39 is 0 Å². The van der Waals surface area contributed by atoms with E-state index in [4.69, 9.17) is 4.98 Å². The van der Waals surface area contributed by atoms with Crippen molar-refractivity contribution in [1.82, 2.24) is 9.88 Å². The molecule has 26 heavy (non-hydrogen) atoms. The van der Waals surface area contributed by atoms with E-state index in [0.717, 1.165) is 33.0 Å². The SMILES string of the molecule is Cc1ccc(C)c(CC(=O)N(CCN(C)C)c2nc3ccccc3s2)c1. The maximum absolute atomic E-state index is 13.1. The first-order valence-electron chi connectivity index (χ1n) is 8.81. The minimum absolute atomic E-state index is 0.0969. The molecule has 4 nitrogen and oxygen atoms in total. The number of anilines is 1. The number of aromatic nitrogens is 1. The van der Waals surface area contributed by atoms with Crippen LogP contribution in [0.15, 0.2) is 42.5 Å². The molecule has 2 aromatic carbocycles. The third-order valence-corrected chi connectivity index (χ3v) is 5.49. The van der Waals surface area contributed by atoms with E-state index in [1.165, 1.54) is 5.56 Å². The van der Waals surface area contributed by atoms with Gasteiger partial charge in [0.15, 0.2) is 5.13 Å². The molecule has 0 saturated heterocycles. The Balaban J connectivity index is 1.89. The van der Waals surface area contributed by atoms with Crippen LogP contribution in [0.1, 0.15) is 16.7 Å². The van der Waals surface area contributed by atoms with E-state index in [-0.39, 0.29) is 5.91 Å². The van der Waals surface area contributed by atoms with Gasteiger partial charge in [0.05, 0.1) is 16.6 Å². The minimum Gasteiger partial charge on any atom is -0.308 e. The van der Waals surface area contributed by atoms with Crippen molar-refractivity contribution in [2.24, 2.45) is 0 Å². The second kappa shape index (κ2) is 7.98. The zero-order valence-electron chi connectivity index (χ0n) is 15.8. The molecule has 1 heterocycles. The van der Waals surface area contributed by atoms with Crippen LogP contribution in [-0.2, 0) is 11.2 Å². The largest absolute Gasteiger partial charge is 0.308 e. The quantitative estimate of drug-likeness (QED) is 0.659. The van der Waals surface area contributed by atoms with E-state index in [9.17, 15) is 4.79 Å². The summed E-state index contributed by atoms with van der Waals surface area (Å²) in [6, 6.07) is 14.3. The monoisotopic (exact) mass is 367 g/mol. The molecule has 136 valence electrons. The Hall–Kier alpha value is -2.24. The molecule has 0 saturated carbocycles. The average molecular weight is 368 g/mol. The lowest BCUT2D eigenvalue weighted by atomic mass is 10.0. The number of hydrogen-bond acceptors (Lipinski definition) is 4. The first kappa shape index (κ1) is 18.5. The molecule has 0 aliphatic heterocycles. The highest BCUT2D eigenvalue weighted by Crippen LogP contribution is 2.29. The molecule has 0 spiro atoms. The van der Waals surface area contributed by atoms with Gasteiger partial charge in [0.2, 0.25) is 5.91 Å². The number of nitrogens with zero attached hydrogens (tertiary/aromatic N) is 3. The van der Waals surface area contributed by atoms with Gasteiger partial charge in [0.25, 0.3) is 0 Å². The Morgan fingerprint density at radius 2 is 1.85 bits per heavy atom. The Morgan fingerprint density at radius 3 is 2.58 bits per heavy atom. The van der Waals surface area contributed by atoms with Gasteiger partial charge in [-0.15, -0.1) is 0 Å². The van der Waals surface area contributed by atoms with Crippen molar-refractivity contribution in [3.8, 4) is 0 Å². The molecule has 0 fully saturated rings. The smallest absolute Gasteiger partial charge is 0.233 e. The molecule has 0 bridgehead atoms. The minimum atomic E-state index is 0.0969. The van der Waals surface area contributed by atoms with E-state index in [1.54, 1.807) is 11.3 Å². The van der Waals surface area contributed by atoms with Crippen LogP contribution in [0.25, 0.3) is 10.2 Å².